The van der Waals surface area contributed by atoms with Crippen molar-refractivity contribution in [2.24, 2.45) is 23.7 Å². The lowest BCUT2D eigenvalue weighted by atomic mass is 9.80. The lowest BCUT2D eigenvalue weighted by Crippen LogP contribution is -2.37. The minimum absolute atomic E-state index is 0.119. The lowest BCUT2D eigenvalue weighted by molar-refractivity contribution is -0.123. The van der Waals surface area contributed by atoms with Gasteiger partial charge in [0.05, 0.1) is 46.0 Å². The van der Waals surface area contributed by atoms with E-state index < -0.39 is 36.3 Å². The molecule has 0 spiro atoms. The highest BCUT2D eigenvalue weighted by Gasteiger charge is 2.66. The number of amides is 3. The van der Waals surface area contributed by atoms with Crippen molar-refractivity contribution in [3.8, 4) is 0 Å². The molecule has 1 saturated heterocycles. The Morgan fingerprint density at radius 1 is 0.850 bits per heavy atom. The minimum Gasteiger partial charge on any atom is -0.462 e. The van der Waals surface area contributed by atoms with Gasteiger partial charge < -0.3 is 14.8 Å². The number of esters is 2. The maximum Gasteiger partial charge on any atom is 0.338 e. The maximum absolute atomic E-state index is 13.1. The summed E-state index contributed by atoms with van der Waals surface area (Å²) in [7, 11) is 0. The number of fused-ring (bicyclic) bond motifs is 5. The molecule has 2 bridgehead atoms. The Labute approximate surface area is 241 Å². The number of hydrogen-bond donors (Lipinski definition) is 1. The van der Waals surface area contributed by atoms with Crippen molar-refractivity contribution in [1.82, 2.24) is 0 Å². The first-order valence-corrected chi connectivity index (χ1v) is 14.1. The van der Waals surface area contributed by atoms with Crippen LogP contribution in [0.5, 0.6) is 0 Å². The average Bonchev–Trinajstić information content (AvgIpc) is 3.57. The molecule has 0 unspecified atom stereocenters. The molecular weight excluding hydrogens is 559 g/mol. The molecule has 2 aromatic carbocycles. The summed E-state index contributed by atoms with van der Waals surface area (Å²) in [5.74, 6) is -3.48. The Kier molecular flexibility index (Phi) is 8.14. The quantitative estimate of drug-likeness (QED) is 0.200. The number of rotatable bonds is 9. The first-order chi connectivity index (χ1) is 19.2. The number of nitrogens with one attached hydrogen (secondary N) is 1. The molecule has 0 aromatic heterocycles. The number of halogens is 2. The Bertz CT molecular complexity index is 1300. The molecule has 40 heavy (non-hydrogen) atoms. The second-order valence-electron chi connectivity index (χ2n) is 10.3. The van der Waals surface area contributed by atoms with Crippen LogP contribution in [0.15, 0.2) is 48.5 Å². The number of carbonyl (C=O) groups is 5. The van der Waals surface area contributed by atoms with E-state index in [4.69, 9.17) is 32.7 Å². The van der Waals surface area contributed by atoms with Crippen molar-refractivity contribution in [3.63, 3.8) is 0 Å². The summed E-state index contributed by atoms with van der Waals surface area (Å²) < 4.78 is 10.3. The highest BCUT2D eigenvalue weighted by molar-refractivity contribution is 6.32. The Morgan fingerprint density at radius 2 is 1.38 bits per heavy atom. The number of imide groups is 1. The van der Waals surface area contributed by atoms with Crippen LogP contribution in [-0.4, -0.2) is 53.6 Å². The smallest absolute Gasteiger partial charge is 0.338 e. The van der Waals surface area contributed by atoms with Crippen molar-refractivity contribution in [2.45, 2.75) is 36.9 Å². The van der Waals surface area contributed by atoms with E-state index >= 15 is 0 Å². The Balaban J connectivity index is 1.13. The molecular formula is C29H28Cl2N2O7. The fourth-order valence-corrected chi connectivity index (χ4v) is 6.74. The number of benzene rings is 2. The molecule has 2 saturated carbocycles. The van der Waals surface area contributed by atoms with Gasteiger partial charge in [0, 0.05) is 5.69 Å². The molecule has 3 fully saturated rings. The van der Waals surface area contributed by atoms with E-state index in [0.29, 0.717) is 30.0 Å². The Morgan fingerprint density at radius 3 is 1.93 bits per heavy atom. The highest BCUT2D eigenvalue weighted by atomic mass is 35.5. The van der Waals surface area contributed by atoms with Crippen molar-refractivity contribution in [1.29, 1.82) is 0 Å². The lowest BCUT2D eigenvalue weighted by Gasteiger charge is -2.28. The van der Waals surface area contributed by atoms with Gasteiger partial charge in [-0.3, -0.25) is 19.3 Å². The summed E-state index contributed by atoms with van der Waals surface area (Å²) in [4.78, 5) is 64.2. The number of nitrogens with zero attached hydrogens (tertiary/aromatic N) is 1. The van der Waals surface area contributed by atoms with Crippen LogP contribution in [0, 0.1) is 23.7 Å². The van der Waals surface area contributed by atoms with E-state index in [2.05, 4.69) is 5.32 Å². The van der Waals surface area contributed by atoms with E-state index in [9.17, 15) is 24.0 Å². The van der Waals surface area contributed by atoms with Crippen LogP contribution in [0.25, 0.3) is 0 Å². The van der Waals surface area contributed by atoms with Crippen LogP contribution >= 0.6 is 23.2 Å². The molecule has 3 aliphatic rings. The zero-order valence-electron chi connectivity index (χ0n) is 21.7. The molecule has 2 aliphatic carbocycles. The minimum atomic E-state index is -0.740. The van der Waals surface area contributed by atoms with Gasteiger partial charge in [-0.05, 0) is 73.2 Å². The van der Waals surface area contributed by atoms with Gasteiger partial charge in [0.25, 0.3) is 5.91 Å². The van der Waals surface area contributed by atoms with Crippen molar-refractivity contribution in [3.05, 3.63) is 59.7 Å². The second-order valence-corrected chi connectivity index (χ2v) is 11.3. The van der Waals surface area contributed by atoms with Gasteiger partial charge in [0.15, 0.2) is 6.61 Å². The second kappa shape index (κ2) is 11.6. The number of ether oxygens (including phenoxy) is 2. The van der Waals surface area contributed by atoms with Crippen LogP contribution in [-0.2, 0) is 23.9 Å². The van der Waals surface area contributed by atoms with Crippen LogP contribution in [0.1, 0.15) is 46.9 Å². The molecule has 0 radical (unpaired) electrons. The predicted octanol–water partition coefficient (Wildman–Crippen LogP) is 4.41. The third kappa shape index (κ3) is 5.20. The largest absolute Gasteiger partial charge is 0.462 e. The van der Waals surface area contributed by atoms with Crippen molar-refractivity contribution >= 4 is 64.2 Å². The van der Waals surface area contributed by atoms with Crippen LogP contribution in [0.3, 0.4) is 0 Å². The van der Waals surface area contributed by atoms with Gasteiger partial charge in [-0.25, -0.2) is 9.59 Å². The molecule has 1 aliphatic heterocycles. The van der Waals surface area contributed by atoms with E-state index in [0.717, 1.165) is 17.7 Å². The molecule has 1 heterocycles. The number of anilines is 2. The summed E-state index contributed by atoms with van der Waals surface area (Å²) in [5, 5.41) is 1.92. The van der Waals surface area contributed by atoms with Gasteiger partial charge >= 0.3 is 11.9 Å². The van der Waals surface area contributed by atoms with Crippen molar-refractivity contribution in [2.75, 3.05) is 23.4 Å². The standard InChI is InChI=1S/C29H28Cl2N2O7/c1-2-3-12-39-28(37)15-4-8-17(9-5-15)32-21(34)14-40-29(38)16-6-10-18(11-7-16)33-26(35)22-19-13-20(23(22)27(33)36)25(31)24(19)30/h4-11,19-20,22-25H,2-3,12-14H2,1H3,(H,32,34)/t19-,20-,22-,23+,24-,25+/m1/s1. The van der Waals surface area contributed by atoms with E-state index in [1.807, 2.05) is 6.92 Å². The number of alkyl halides is 2. The van der Waals surface area contributed by atoms with Gasteiger partial charge in [-0.1, -0.05) is 13.3 Å². The van der Waals surface area contributed by atoms with Gasteiger partial charge in [-0.15, -0.1) is 23.2 Å². The zero-order chi connectivity index (χ0) is 28.6. The first-order valence-electron chi connectivity index (χ1n) is 13.2. The number of hydrogen-bond acceptors (Lipinski definition) is 7. The third-order valence-corrected chi connectivity index (χ3v) is 9.14. The summed E-state index contributed by atoms with van der Waals surface area (Å²) in [6.07, 6.45) is 2.38. The monoisotopic (exact) mass is 586 g/mol. The molecule has 3 amide bonds. The fraction of sp³-hybridized carbons (Fsp3) is 0.414. The highest BCUT2D eigenvalue weighted by Crippen LogP contribution is 2.59. The average molecular weight is 587 g/mol. The van der Waals surface area contributed by atoms with Crippen LogP contribution in [0.2, 0.25) is 0 Å². The normalized spacial score (nSPS) is 26.5. The van der Waals surface area contributed by atoms with E-state index in [-0.39, 0.29) is 40.0 Å². The summed E-state index contributed by atoms with van der Waals surface area (Å²) in [6.45, 7) is 1.82. The van der Waals surface area contributed by atoms with Gasteiger partial charge in [0.2, 0.25) is 11.8 Å². The number of unbranched alkanes of at least 4 members (excludes halogenated alkanes) is 1. The maximum atomic E-state index is 13.1. The van der Waals surface area contributed by atoms with Gasteiger partial charge in [-0.2, -0.15) is 0 Å². The molecule has 11 heteroatoms. The Hall–Kier alpha value is -3.43. The molecule has 2 aromatic rings. The molecule has 5 rings (SSSR count). The SMILES string of the molecule is CCCCOC(=O)c1ccc(NC(=O)COC(=O)c2ccc(N3C(=O)[C@@H]4[C@H]5C[C@@H]([C@H](Cl)[C@@H]5Cl)[C@@H]4C3=O)cc2)cc1. The van der Waals surface area contributed by atoms with Crippen LogP contribution in [0.4, 0.5) is 11.4 Å². The van der Waals surface area contributed by atoms with E-state index in [1.54, 1.807) is 12.1 Å². The number of carbonyl (C=O) groups excluding carboxylic acids is 5. The third-order valence-electron chi connectivity index (χ3n) is 7.82. The van der Waals surface area contributed by atoms with E-state index in [1.165, 1.54) is 36.4 Å². The predicted molar refractivity (Wildman–Crippen MR) is 147 cm³/mol. The molecule has 210 valence electrons. The van der Waals surface area contributed by atoms with Gasteiger partial charge in [0.1, 0.15) is 0 Å². The topological polar surface area (TPSA) is 119 Å². The molecule has 6 atom stereocenters. The fourth-order valence-electron chi connectivity index (χ4n) is 5.84. The zero-order valence-corrected chi connectivity index (χ0v) is 23.2. The summed E-state index contributed by atoms with van der Waals surface area (Å²) in [6, 6.07) is 12.0. The summed E-state index contributed by atoms with van der Waals surface area (Å²) in [5.41, 5.74) is 1.30. The molecule has 1 N–H and O–H groups in total. The summed E-state index contributed by atoms with van der Waals surface area (Å²) >= 11 is 12.8. The van der Waals surface area contributed by atoms with Crippen LogP contribution < -0.4 is 10.2 Å². The molecule has 9 nitrogen and oxygen atoms in total. The van der Waals surface area contributed by atoms with Crippen molar-refractivity contribution < 1.29 is 33.4 Å². The first kappa shape index (κ1) is 28.1.